The predicted octanol–water partition coefficient (Wildman–Crippen LogP) is 1.89. The molecule has 1 fully saturated rings. The summed E-state index contributed by atoms with van der Waals surface area (Å²) in [6.07, 6.45) is -9.68. The Morgan fingerprint density at radius 1 is 0.986 bits per heavy atom. The molecule has 398 valence electrons. The van der Waals surface area contributed by atoms with Crippen LogP contribution >= 0.6 is 21.3 Å². The zero-order valence-corrected chi connectivity index (χ0v) is 43.3. The number of likely N-dealkylation sites (N-methyl/N-ethyl adjacent to an activating group) is 2. The number of hydrogen-bond acceptors (Lipinski definition) is 16. The zero-order valence-electron chi connectivity index (χ0n) is 39.0. The monoisotopic (exact) mass is 1240 g/mol. The van der Waals surface area contributed by atoms with Crippen molar-refractivity contribution in [1.82, 2.24) is 20.7 Å². The van der Waals surface area contributed by atoms with E-state index in [0.29, 0.717) is 31.2 Å². The van der Waals surface area contributed by atoms with Crippen LogP contribution in [0.5, 0.6) is 5.75 Å². The summed E-state index contributed by atoms with van der Waals surface area (Å²) >= 11 is -2.24. The summed E-state index contributed by atoms with van der Waals surface area (Å²) in [4.78, 5) is 16.2. The molecule has 17 nitrogen and oxygen atoms in total. The third-order valence-corrected chi connectivity index (χ3v) is 16.2. The second kappa shape index (κ2) is 27.1. The van der Waals surface area contributed by atoms with E-state index in [0.717, 1.165) is 23.2 Å². The minimum atomic E-state index is -4.86. The molecule has 1 saturated carbocycles. The van der Waals surface area contributed by atoms with Gasteiger partial charge in [0.15, 0.2) is 23.5 Å². The van der Waals surface area contributed by atoms with Crippen molar-refractivity contribution in [1.29, 1.82) is 0 Å². The molecule has 1 aliphatic carbocycles. The average Bonchev–Trinajstić information content (AvgIpc) is 3.85. The van der Waals surface area contributed by atoms with Crippen LogP contribution in [0.1, 0.15) is 48.8 Å². The first-order valence-electron chi connectivity index (χ1n) is 22.3. The van der Waals surface area contributed by atoms with E-state index in [1.807, 2.05) is 4.93 Å². The van der Waals surface area contributed by atoms with Gasteiger partial charge >= 0.3 is 142 Å². The standard InChI is InChI=1S/C45H59F7I2N7O10/c1-25(38(63)37(55-3)39(64)29(24-62)53-2)56-13-14-68-15-16-69-17-18-70-19-20-71-32-10-8-27(35(46)36(32)47)23-61-43(67)34(40(65)44(60(61)4)11-5-6-12-44)42(66)57-30-9-7-26(41(48)49)21-28(30)31-22-33(45(50,51)52)59-54-58-31/h7-10,21-22,29,37-39,41-42,55-57,62-66H,1,5-6,11-20,23-24H2,2-4H3/q-1/t29-,37?,38?,39?,42?/m0/s1. The predicted molar refractivity (Wildman–Crippen MR) is 250 cm³/mol. The Bertz CT molecular complexity index is 2270. The van der Waals surface area contributed by atoms with Crippen molar-refractivity contribution in [2.45, 2.75) is 78.8 Å². The average molecular weight is 1240 g/mol. The topological polar surface area (TPSA) is 222 Å². The van der Waals surface area contributed by atoms with Gasteiger partial charge in [-0.15, -0.1) is 0 Å². The van der Waals surface area contributed by atoms with E-state index in [1.165, 1.54) is 24.2 Å². The van der Waals surface area contributed by atoms with Crippen LogP contribution in [0.4, 0.5) is 36.4 Å². The van der Waals surface area contributed by atoms with Crippen LogP contribution in [0.3, 0.4) is 0 Å². The fourth-order valence-electron chi connectivity index (χ4n) is 8.11. The number of carbonyl (C=O) groups excluding carboxylic acids is 1. The van der Waals surface area contributed by atoms with Gasteiger partial charge in [-0.1, -0.05) is 25.0 Å². The number of aliphatic hydroxyl groups excluding tert-OH is 5. The number of halogens is 9. The van der Waals surface area contributed by atoms with Gasteiger partial charge < -0.3 is 25.0 Å². The van der Waals surface area contributed by atoms with Gasteiger partial charge in [-0.2, -0.15) is 20.7 Å². The van der Waals surface area contributed by atoms with Crippen LogP contribution in [0.15, 0.2) is 72.1 Å². The number of anilines is 1. The van der Waals surface area contributed by atoms with Gasteiger partial charge in [0.25, 0.3) is 12.3 Å². The van der Waals surface area contributed by atoms with E-state index in [-0.39, 0.29) is 92.1 Å². The molecule has 4 unspecified atom stereocenters. The molecule has 2 heterocycles. The maximum atomic E-state index is 15.7. The molecule has 1 spiro atoms. The van der Waals surface area contributed by atoms with E-state index in [4.69, 9.17) is 18.9 Å². The van der Waals surface area contributed by atoms with Gasteiger partial charge in [-0.25, -0.2) is 21.4 Å². The van der Waals surface area contributed by atoms with Crippen molar-refractivity contribution >= 4 is 38.6 Å². The molecule has 8 N–H and O–H groups in total. The van der Waals surface area contributed by atoms with Gasteiger partial charge in [0.05, 0.1) is 37.6 Å². The molecule has 0 bridgehead atoms. The number of nitrogens with zero attached hydrogens (tertiary/aromatic N) is 4. The van der Waals surface area contributed by atoms with Crippen LogP contribution in [-0.4, -0.2) is 166 Å². The number of amides is 1. The fourth-order valence-corrected chi connectivity index (χ4v) is 11.1. The van der Waals surface area contributed by atoms with Crippen LogP contribution < -0.4 is 41.9 Å². The molecular formula is C45H59F7I2N7O10-. The fraction of sp³-hybridized carbons (Fsp3) is 0.556. The molecule has 0 radical (unpaired) electrons. The van der Waals surface area contributed by atoms with Crippen molar-refractivity contribution in [2.75, 3.05) is 83.7 Å². The summed E-state index contributed by atoms with van der Waals surface area (Å²) in [6.45, 7) is 4.40. The number of rotatable bonds is 28. The summed E-state index contributed by atoms with van der Waals surface area (Å²) in [5.74, 6) is -4.67. The van der Waals surface area contributed by atoms with Crippen molar-refractivity contribution < 1.29 is 101 Å². The molecule has 0 saturated heterocycles. The molecule has 2 aromatic rings. The van der Waals surface area contributed by atoms with Crippen LogP contribution in [0.25, 0.3) is 0 Å². The molecule has 26 heteroatoms. The van der Waals surface area contributed by atoms with E-state index < -0.39 is 138 Å². The Labute approximate surface area is 426 Å². The third kappa shape index (κ3) is 14.6. The molecule has 2 aromatic carbocycles. The second-order valence-electron chi connectivity index (χ2n) is 16.4. The summed E-state index contributed by atoms with van der Waals surface area (Å²) in [5, 5.41) is 64.9. The van der Waals surface area contributed by atoms with Crippen LogP contribution in [0.2, 0.25) is 0 Å². The molecule has 71 heavy (non-hydrogen) atoms. The summed E-state index contributed by atoms with van der Waals surface area (Å²) in [5.41, 5.74) is -4.48. The Balaban J connectivity index is 1.11. The number of benzene rings is 2. The van der Waals surface area contributed by atoms with E-state index in [1.54, 1.807) is 7.05 Å². The summed E-state index contributed by atoms with van der Waals surface area (Å²) in [7, 11) is 3.09. The third-order valence-electron chi connectivity index (χ3n) is 12.0. The second-order valence-corrected chi connectivity index (χ2v) is 20.6. The van der Waals surface area contributed by atoms with Crippen LogP contribution in [-0.2, 0) is 25.5 Å². The van der Waals surface area contributed by atoms with Crippen molar-refractivity contribution in [3.05, 3.63) is 94.0 Å². The molecular weight excluding hydrogens is 1190 g/mol. The van der Waals surface area contributed by atoms with Gasteiger partial charge in [0, 0.05) is 29.4 Å². The molecule has 5 rings (SSSR count). The van der Waals surface area contributed by atoms with Gasteiger partial charge in [-0.05, 0) is 37.1 Å². The minimum absolute atomic E-state index is 0.00524. The van der Waals surface area contributed by atoms with Gasteiger partial charge in [-0.3, -0.25) is 9.80 Å². The first-order chi connectivity index (χ1) is 33.8. The zero-order chi connectivity index (χ0) is 52.0. The Morgan fingerprint density at radius 2 is 1.63 bits per heavy atom. The SMILES string of the molecule is C=C(NCCOCCOCCOCCOc1ccc(CN2C(=O)C(C(O)Nc3ccc(C(F)F)cc3C3=NI=NC(C(F)(F)F)=C3)=C(O)C3(CCCC3)N2C)c(F)c1F)C(O)C(NC)C(O)[C@H](CO)[I-]C. The number of hydrazine groups is 1. The van der Waals surface area contributed by atoms with E-state index in [9.17, 15) is 52.3 Å². The number of nitrogens with one attached hydrogen (secondary N) is 3. The van der Waals surface area contributed by atoms with Gasteiger partial charge in [0.2, 0.25) is 5.82 Å². The summed E-state index contributed by atoms with van der Waals surface area (Å²) in [6, 6.07) is 4.62. The van der Waals surface area contributed by atoms with Crippen LogP contribution in [0, 0.1) is 11.6 Å². The number of allylic oxidation sites excluding steroid dienone is 2. The normalized spacial score (nSPS) is 18.6. The number of hydrogen-bond donors (Lipinski definition) is 8. The number of aliphatic hydroxyl groups is 5. The van der Waals surface area contributed by atoms with E-state index >= 15 is 8.78 Å². The Hall–Kier alpha value is -3.59. The van der Waals surface area contributed by atoms with Gasteiger partial charge in [0.1, 0.15) is 39.2 Å². The van der Waals surface area contributed by atoms with Crippen molar-refractivity contribution in [3.8, 4) is 5.75 Å². The Morgan fingerprint density at radius 3 is 2.24 bits per heavy atom. The maximum absolute atomic E-state index is 15.7. The molecule has 5 atom stereocenters. The quantitative estimate of drug-likeness (QED) is 0.0201. The molecule has 0 aromatic heterocycles. The molecule has 3 aliphatic rings. The number of alkyl halides is 7. The Kier molecular flexibility index (Phi) is 22.2. The molecule has 2 aliphatic heterocycles. The summed E-state index contributed by atoms with van der Waals surface area (Å²) < 4.78 is 129. The number of carbonyl (C=O) groups is 1. The van der Waals surface area contributed by atoms with Crippen molar-refractivity contribution in [2.24, 2.45) is 6.35 Å². The molecule has 1 amide bonds. The van der Waals surface area contributed by atoms with E-state index in [2.05, 4.69) is 28.9 Å². The first-order valence-corrected chi connectivity index (χ1v) is 27.6. The number of ether oxygens (including phenoxy) is 4. The first kappa shape index (κ1) is 58.3. The van der Waals surface area contributed by atoms with Crippen molar-refractivity contribution in [3.63, 3.8) is 0 Å².